The van der Waals surface area contributed by atoms with Crippen LogP contribution in [0.15, 0.2) is 120 Å². The van der Waals surface area contributed by atoms with Gasteiger partial charge in [0, 0.05) is 29.2 Å². The molecule has 0 bridgehead atoms. The molecule has 0 aromatic heterocycles. The molecule has 2 fully saturated rings. The molecule has 0 spiro atoms. The minimum atomic E-state index is -0.478. The minimum absolute atomic E-state index is 0.189. The number of likely N-dealkylation sites (N-methyl/N-ethyl adjacent to an activating group) is 1. The predicted octanol–water partition coefficient (Wildman–Crippen LogP) is 8.24. The molecule has 6 rings (SSSR count). The second kappa shape index (κ2) is 12.4. The minimum Gasteiger partial charge on any atom is -0.419 e. The average molecular weight is 560 g/mol. The van der Waals surface area contributed by atoms with Crippen LogP contribution in [-0.2, 0) is 19.0 Å². The summed E-state index contributed by atoms with van der Waals surface area (Å²) in [5.41, 5.74) is 5.41. The number of hydrogen-bond donors (Lipinski definition) is 0. The topological polar surface area (TPSA) is 63.6 Å². The Morgan fingerprint density at radius 1 is 0.786 bits per heavy atom. The Hall–Kier alpha value is -4.72. The van der Waals surface area contributed by atoms with E-state index in [1.54, 1.807) is 6.08 Å². The van der Waals surface area contributed by atoms with Crippen molar-refractivity contribution in [1.29, 1.82) is 0 Å². The summed E-state index contributed by atoms with van der Waals surface area (Å²) in [6.45, 7) is 4.42. The van der Waals surface area contributed by atoms with Gasteiger partial charge in [0.05, 0.1) is 5.69 Å². The van der Waals surface area contributed by atoms with Gasteiger partial charge in [-0.3, -0.25) is 9.69 Å². The Morgan fingerprint density at radius 3 is 2.00 bits per heavy atom. The largest absolute Gasteiger partial charge is 0.419 e. The van der Waals surface area contributed by atoms with Gasteiger partial charge in [0.1, 0.15) is 0 Å². The molecule has 0 aliphatic carbocycles. The number of amides is 1. The van der Waals surface area contributed by atoms with Crippen molar-refractivity contribution in [2.24, 2.45) is 4.99 Å². The summed E-state index contributed by atoms with van der Waals surface area (Å²) in [5, 5.41) is 0. The number of ether oxygens (including phenoxy) is 3. The fourth-order valence-electron chi connectivity index (χ4n) is 5.04. The monoisotopic (exact) mass is 559 g/mol. The molecular weight excluding hydrogens is 526 g/mol. The van der Waals surface area contributed by atoms with Crippen LogP contribution >= 0.6 is 0 Å². The van der Waals surface area contributed by atoms with E-state index in [1.165, 1.54) is 4.90 Å². The maximum absolute atomic E-state index is 13.3. The van der Waals surface area contributed by atoms with Gasteiger partial charge in [0.2, 0.25) is 0 Å². The van der Waals surface area contributed by atoms with E-state index in [-0.39, 0.29) is 24.0 Å². The summed E-state index contributed by atoms with van der Waals surface area (Å²) in [4.78, 5) is 21.7. The van der Waals surface area contributed by atoms with Gasteiger partial charge >= 0.3 is 6.02 Å². The first kappa shape index (κ1) is 27.4. The van der Waals surface area contributed by atoms with Gasteiger partial charge in [-0.1, -0.05) is 80.1 Å². The van der Waals surface area contributed by atoms with E-state index < -0.39 is 6.29 Å². The third-order valence-electron chi connectivity index (χ3n) is 7.16. The molecule has 7 nitrogen and oxygen atoms in total. The van der Waals surface area contributed by atoms with E-state index in [1.807, 2.05) is 91.9 Å². The lowest BCUT2D eigenvalue weighted by molar-refractivity contribution is -0.391. The normalized spacial score (nSPS) is 20.0. The predicted molar refractivity (Wildman–Crippen MR) is 165 cm³/mol. The lowest BCUT2D eigenvalue weighted by atomic mass is 10.1. The first-order chi connectivity index (χ1) is 20.6. The number of anilines is 3. The van der Waals surface area contributed by atoms with Crippen LogP contribution in [-0.4, -0.2) is 29.7 Å². The fraction of sp³-hybridized carbons (Fsp3) is 0.200. The van der Waals surface area contributed by atoms with Crippen LogP contribution in [0.5, 0.6) is 0 Å². The number of aliphatic imine (C=N–C) groups is 1. The van der Waals surface area contributed by atoms with E-state index in [2.05, 4.69) is 36.1 Å². The summed E-state index contributed by atoms with van der Waals surface area (Å²) in [7, 11) is 0. The average Bonchev–Trinajstić information content (AvgIpc) is 3.30. The van der Waals surface area contributed by atoms with Crippen LogP contribution in [0.4, 0.5) is 22.7 Å². The maximum atomic E-state index is 13.3. The van der Waals surface area contributed by atoms with Gasteiger partial charge in [0.25, 0.3) is 5.91 Å². The van der Waals surface area contributed by atoms with Crippen LogP contribution in [0, 0.1) is 0 Å². The Kier molecular flexibility index (Phi) is 8.12. The second-order valence-electron chi connectivity index (χ2n) is 10.0. The first-order valence-electron chi connectivity index (χ1n) is 14.3. The summed E-state index contributed by atoms with van der Waals surface area (Å²) >= 11 is 0. The Labute approximate surface area is 246 Å². The summed E-state index contributed by atoms with van der Waals surface area (Å²) in [6, 6.07) is 36.3. The molecule has 212 valence electrons. The van der Waals surface area contributed by atoms with Crippen LogP contribution in [0.2, 0.25) is 0 Å². The highest BCUT2D eigenvalue weighted by molar-refractivity contribution is 6.11. The number of amidine groups is 1. The van der Waals surface area contributed by atoms with E-state index in [0.29, 0.717) is 12.2 Å². The van der Waals surface area contributed by atoms with Gasteiger partial charge in [-0.2, -0.15) is 4.99 Å². The number of nitrogens with zero attached hydrogens (tertiary/aromatic N) is 3. The fourth-order valence-corrected chi connectivity index (χ4v) is 5.04. The van der Waals surface area contributed by atoms with Gasteiger partial charge < -0.3 is 19.1 Å². The quantitative estimate of drug-likeness (QED) is 0.193. The molecule has 2 aliphatic rings. The summed E-state index contributed by atoms with van der Waals surface area (Å²) < 4.78 is 17.8. The van der Waals surface area contributed by atoms with Crippen molar-refractivity contribution in [3.63, 3.8) is 0 Å². The van der Waals surface area contributed by atoms with Crippen molar-refractivity contribution in [2.45, 2.75) is 39.3 Å². The molecule has 2 heterocycles. The Bertz CT molecular complexity index is 1540. The van der Waals surface area contributed by atoms with Crippen LogP contribution in [0.25, 0.3) is 6.08 Å². The van der Waals surface area contributed by atoms with Gasteiger partial charge in [-0.05, 0) is 67.4 Å². The van der Waals surface area contributed by atoms with Crippen molar-refractivity contribution in [3.8, 4) is 0 Å². The number of hydrogen-bond acceptors (Lipinski definition) is 6. The summed E-state index contributed by atoms with van der Waals surface area (Å²) in [6.07, 6.45) is 2.92. The Balaban J connectivity index is 1.25. The number of rotatable bonds is 9. The molecule has 2 aliphatic heterocycles. The zero-order chi connectivity index (χ0) is 28.9. The van der Waals surface area contributed by atoms with Gasteiger partial charge in [-0.25, -0.2) is 0 Å². The molecular formula is C35H33N3O4. The summed E-state index contributed by atoms with van der Waals surface area (Å²) in [5.74, 6) is -0.00452. The highest BCUT2D eigenvalue weighted by Crippen LogP contribution is 2.39. The van der Waals surface area contributed by atoms with Crippen molar-refractivity contribution in [2.75, 3.05) is 11.4 Å². The molecule has 0 atom stereocenters. The molecule has 0 N–H and O–H groups in total. The van der Waals surface area contributed by atoms with Crippen molar-refractivity contribution in [1.82, 2.24) is 4.90 Å². The van der Waals surface area contributed by atoms with Gasteiger partial charge in [0.15, 0.2) is 18.3 Å². The lowest BCUT2D eigenvalue weighted by Gasteiger charge is -2.36. The van der Waals surface area contributed by atoms with E-state index in [4.69, 9.17) is 19.2 Å². The number of para-hydroxylation sites is 3. The highest BCUT2D eigenvalue weighted by Gasteiger charge is 2.36. The molecule has 4 aromatic carbocycles. The van der Waals surface area contributed by atoms with Crippen molar-refractivity contribution >= 4 is 40.8 Å². The SMILES string of the molecule is CCCC1OC(c2ccccc2/N=C2/O/C(=C/c3ccc(N(c4ccccc4)c4ccccc4)cc3)C(=O)N2CC)O1. The van der Waals surface area contributed by atoms with Crippen molar-refractivity contribution in [3.05, 3.63) is 126 Å². The second-order valence-corrected chi connectivity index (χ2v) is 10.0. The molecule has 0 radical (unpaired) electrons. The zero-order valence-electron chi connectivity index (χ0n) is 23.7. The van der Waals surface area contributed by atoms with Crippen LogP contribution in [0.3, 0.4) is 0 Å². The first-order valence-corrected chi connectivity index (χ1v) is 14.3. The van der Waals surface area contributed by atoms with E-state index in [9.17, 15) is 4.79 Å². The maximum Gasteiger partial charge on any atom is 0.305 e. The molecule has 42 heavy (non-hydrogen) atoms. The molecule has 0 unspecified atom stereocenters. The van der Waals surface area contributed by atoms with Crippen LogP contribution < -0.4 is 4.90 Å². The molecule has 4 aromatic rings. The number of carbonyl (C=O) groups is 1. The molecule has 1 amide bonds. The standard InChI is InChI=1S/C35H33N3O4/c1-3-13-32-41-34(42-32)29-18-11-12-19-30(29)36-35-37(4-2)33(39)31(40-35)24-25-20-22-28(23-21-25)38(26-14-7-5-8-15-26)27-16-9-6-10-17-27/h5-12,14-24,32,34H,3-4,13H2,1-2H3/b31-24+,36-35+. The van der Waals surface area contributed by atoms with Gasteiger partial charge in [-0.15, -0.1) is 0 Å². The van der Waals surface area contributed by atoms with Crippen molar-refractivity contribution < 1.29 is 19.0 Å². The smallest absolute Gasteiger partial charge is 0.305 e. The van der Waals surface area contributed by atoms with Crippen LogP contribution in [0.1, 0.15) is 44.1 Å². The number of carbonyl (C=O) groups excluding carboxylic acids is 1. The lowest BCUT2D eigenvalue weighted by Crippen LogP contribution is -2.34. The molecule has 7 heteroatoms. The Morgan fingerprint density at radius 2 is 1.38 bits per heavy atom. The molecule has 0 saturated carbocycles. The molecule has 2 saturated heterocycles. The zero-order valence-corrected chi connectivity index (χ0v) is 23.7. The highest BCUT2D eigenvalue weighted by atomic mass is 16.9. The number of benzene rings is 4. The third kappa shape index (κ3) is 5.70. The van der Waals surface area contributed by atoms with E-state index >= 15 is 0 Å². The third-order valence-corrected chi connectivity index (χ3v) is 7.16. The van der Waals surface area contributed by atoms with E-state index in [0.717, 1.165) is 41.0 Å².